The summed E-state index contributed by atoms with van der Waals surface area (Å²) in [5.41, 5.74) is 0. The molecule has 0 radical (unpaired) electrons. The van der Waals surface area contributed by atoms with Crippen LogP contribution in [-0.4, -0.2) is 39.1 Å². The van der Waals surface area contributed by atoms with Gasteiger partial charge in [-0.1, -0.05) is 0 Å². The Morgan fingerprint density at radius 1 is 1.37 bits per heavy atom. The van der Waals surface area contributed by atoms with Crippen molar-refractivity contribution in [3.05, 3.63) is 18.2 Å². The second kappa shape index (κ2) is 4.90. The number of carbonyl (C=O) groups is 2. The third-order valence-electron chi connectivity index (χ3n) is 2.61. The van der Waals surface area contributed by atoms with Crippen LogP contribution in [0.2, 0.25) is 0 Å². The van der Waals surface area contributed by atoms with E-state index in [0.717, 1.165) is 15.7 Å². The number of aromatic nitrogens is 2. The number of rotatable bonds is 3. The van der Waals surface area contributed by atoms with E-state index in [9.17, 15) is 22.8 Å². The fourth-order valence-corrected chi connectivity index (χ4v) is 1.75. The SMILES string of the molecule is O=C1CCNC(=O)N1Cc1nccn1CC(F)(F)F. The van der Waals surface area contributed by atoms with Crippen LogP contribution in [0.15, 0.2) is 12.4 Å². The molecule has 1 saturated heterocycles. The van der Waals surface area contributed by atoms with Gasteiger partial charge in [-0.2, -0.15) is 13.2 Å². The Morgan fingerprint density at radius 2 is 2.11 bits per heavy atom. The second-order valence-corrected chi connectivity index (χ2v) is 4.05. The van der Waals surface area contributed by atoms with Crippen LogP contribution in [0.1, 0.15) is 12.2 Å². The van der Waals surface area contributed by atoms with Crippen LogP contribution in [-0.2, 0) is 17.9 Å². The molecule has 104 valence electrons. The molecule has 1 aromatic rings. The molecule has 0 bridgehead atoms. The molecule has 0 atom stereocenters. The third kappa shape index (κ3) is 3.24. The molecule has 0 aliphatic carbocycles. The average Bonchev–Trinajstić information content (AvgIpc) is 2.69. The number of urea groups is 1. The Bertz CT molecular complexity index is 481. The zero-order valence-electron chi connectivity index (χ0n) is 9.78. The van der Waals surface area contributed by atoms with Gasteiger partial charge in [-0.3, -0.25) is 9.69 Å². The highest BCUT2D eigenvalue weighted by Crippen LogP contribution is 2.19. The Kier molecular flexibility index (Phi) is 3.45. The van der Waals surface area contributed by atoms with Crippen LogP contribution in [0, 0.1) is 0 Å². The van der Waals surface area contributed by atoms with Crippen LogP contribution in [0.3, 0.4) is 0 Å². The van der Waals surface area contributed by atoms with E-state index in [1.807, 2.05) is 0 Å². The van der Waals surface area contributed by atoms with E-state index in [1.54, 1.807) is 0 Å². The molecule has 9 heteroatoms. The van der Waals surface area contributed by atoms with Gasteiger partial charge in [0.05, 0.1) is 6.54 Å². The highest BCUT2D eigenvalue weighted by Gasteiger charge is 2.31. The summed E-state index contributed by atoms with van der Waals surface area (Å²) >= 11 is 0. The van der Waals surface area contributed by atoms with Crippen LogP contribution in [0.5, 0.6) is 0 Å². The first-order valence-corrected chi connectivity index (χ1v) is 5.52. The maximum Gasteiger partial charge on any atom is 0.406 e. The van der Waals surface area contributed by atoms with Crippen LogP contribution in [0.4, 0.5) is 18.0 Å². The van der Waals surface area contributed by atoms with E-state index in [4.69, 9.17) is 0 Å². The molecule has 1 fully saturated rings. The lowest BCUT2D eigenvalue weighted by Gasteiger charge is -2.25. The first-order valence-electron chi connectivity index (χ1n) is 5.52. The number of nitrogens with one attached hydrogen (secondary N) is 1. The molecule has 0 unspecified atom stereocenters. The molecule has 2 heterocycles. The predicted octanol–water partition coefficient (Wildman–Crippen LogP) is 0.887. The standard InChI is InChI=1S/C10H11F3N4O2/c11-10(12,13)6-16-4-3-14-7(16)5-17-8(18)1-2-15-9(17)19/h3-4H,1-2,5-6H2,(H,15,19). The van der Waals surface area contributed by atoms with Crippen molar-refractivity contribution in [3.63, 3.8) is 0 Å². The Labute approximate surface area is 106 Å². The van der Waals surface area contributed by atoms with Gasteiger partial charge in [0.1, 0.15) is 12.4 Å². The lowest BCUT2D eigenvalue weighted by atomic mass is 10.3. The Balaban J connectivity index is 2.13. The average molecular weight is 276 g/mol. The molecule has 3 amide bonds. The van der Waals surface area contributed by atoms with Crippen molar-refractivity contribution in [1.29, 1.82) is 0 Å². The second-order valence-electron chi connectivity index (χ2n) is 4.05. The van der Waals surface area contributed by atoms with E-state index in [0.29, 0.717) is 0 Å². The van der Waals surface area contributed by atoms with Gasteiger partial charge in [-0.05, 0) is 0 Å². The first-order chi connectivity index (χ1) is 8.87. The van der Waals surface area contributed by atoms with Crippen molar-refractivity contribution in [1.82, 2.24) is 19.8 Å². The number of alkyl halides is 3. The lowest BCUT2D eigenvalue weighted by molar-refractivity contribution is -0.141. The number of halogens is 3. The van der Waals surface area contributed by atoms with Crippen LogP contribution in [0.25, 0.3) is 0 Å². The maximum absolute atomic E-state index is 12.3. The van der Waals surface area contributed by atoms with Gasteiger partial charge in [-0.15, -0.1) is 0 Å². The summed E-state index contributed by atoms with van der Waals surface area (Å²) in [6.07, 6.45) is -1.89. The lowest BCUT2D eigenvalue weighted by Crippen LogP contribution is -2.49. The summed E-state index contributed by atoms with van der Waals surface area (Å²) in [6.45, 7) is -1.23. The zero-order chi connectivity index (χ0) is 14.0. The van der Waals surface area contributed by atoms with E-state index in [1.165, 1.54) is 6.20 Å². The van der Waals surface area contributed by atoms with E-state index >= 15 is 0 Å². The normalized spacial score (nSPS) is 16.7. The quantitative estimate of drug-likeness (QED) is 0.891. The number of amides is 3. The van der Waals surface area contributed by atoms with Gasteiger partial charge >= 0.3 is 12.2 Å². The fourth-order valence-electron chi connectivity index (χ4n) is 1.75. The molecular formula is C10H11F3N4O2. The smallest absolute Gasteiger partial charge is 0.337 e. The number of imidazole rings is 1. The zero-order valence-corrected chi connectivity index (χ0v) is 9.78. The molecule has 19 heavy (non-hydrogen) atoms. The van der Waals surface area contributed by atoms with Crippen LogP contribution < -0.4 is 5.32 Å². The van der Waals surface area contributed by atoms with Crippen molar-refractivity contribution in [2.24, 2.45) is 0 Å². The molecule has 1 aliphatic heterocycles. The summed E-state index contributed by atoms with van der Waals surface area (Å²) in [7, 11) is 0. The van der Waals surface area contributed by atoms with E-state index in [-0.39, 0.29) is 25.3 Å². The highest BCUT2D eigenvalue weighted by atomic mass is 19.4. The van der Waals surface area contributed by atoms with Gasteiger partial charge in [0.15, 0.2) is 0 Å². The molecule has 1 N–H and O–H groups in total. The molecule has 1 aliphatic rings. The summed E-state index contributed by atoms with van der Waals surface area (Å²) in [5, 5.41) is 2.45. The minimum absolute atomic E-state index is 0.0164. The number of hydrogen-bond acceptors (Lipinski definition) is 3. The molecule has 6 nitrogen and oxygen atoms in total. The number of carbonyl (C=O) groups excluding carboxylic acids is 2. The van der Waals surface area contributed by atoms with Crippen LogP contribution >= 0.6 is 0 Å². The van der Waals surface area contributed by atoms with Crippen molar-refractivity contribution in [3.8, 4) is 0 Å². The van der Waals surface area contributed by atoms with E-state index < -0.39 is 24.7 Å². The summed E-state index contributed by atoms with van der Waals surface area (Å²) < 4.78 is 37.8. The molecule has 0 saturated carbocycles. The van der Waals surface area contributed by atoms with Gasteiger partial charge in [-0.25, -0.2) is 9.78 Å². The largest absolute Gasteiger partial charge is 0.406 e. The minimum Gasteiger partial charge on any atom is -0.337 e. The third-order valence-corrected chi connectivity index (χ3v) is 2.61. The summed E-state index contributed by atoms with van der Waals surface area (Å²) in [4.78, 5) is 27.6. The van der Waals surface area contributed by atoms with Gasteiger partial charge in [0.2, 0.25) is 5.91 Å². The number of hydrogen-bond donors (Lipinski definition) is 1. The first kappa shape index (κ1) is 13.4. The van der Waals surface area contributed by atoms with Gasteiger partial charge in [0, 0.05) is 25.4 Å². The maximum atomic E-state index is 12.3. The molecule has 1 aromatic heterocycles. The summed E-state index contributed by atoms with van der Waals surface area (Å²) in [6, 6.07) is -0.613. The minimum atomic E-state index is -4.39. The Morgan fingerprint density at radius 3 is 2.74 bits per heavy atom. The van der Waals surface area contributed by atoms with Crippen molar-refractivity contribution in [2.45, 2.75) is 25.7 Å². The monoisotopic (exact) mass is 276 g/mol. The molecule has 0 aromatic carbocycles. The molecular weight excluding hydrogens is 265 g/mol. The van der Waals surface area contributed by atoms with Crippen molar-refractivity contribution < 1.29 is 22.8 Å². The Hall–Kier alpha value is -2.06. The van der Waals surface area contributed by atoms with Crippen molar-refractivity contribution in [2.75, 3.05) is 6.54 Å². The van der Waals surface area contributed by atoms with Gasteiger partial charge < -0.3 is 9.88 Å². The topological polar surface area (TPSA) is 67.2 Å². The summed E-state index contributed by atoms with van der Waals surface area (Å²) in [5.74, 6) is -0.409. The molecule has 0 spiro atoms. The predicted molar refractivity (Wildman–Crippen MR) is 56.8 cm³/mol. The number of nitrogens with zero attached hydrogens (tertiary/aromatic N) is 3. The van der Waals surface area contributed by atoms with E-state index in [2.05, 4.69) is 10.3 Å². The number of imide groups is 1. The van der Waals surface area contributed by atoms with Crippen molar-refractivity contribution >= 4 is 11.9 Å². The highest BCUT2D eigenvalue weighted by molar-refractivity contribution is 5.96. The fraction of sp³-hybridized carbons (Fsp3) is 0.500. The molecule has 2 rings (SSSR count). The van der Waals surface area contributed by atoms with Gasteiger partial charge in [0.25, 0.3) is 0 Å².